The van der Waals surface area contributed by atoms with Crippen LogP contribution in [0.3, 0.4) is 0 Å². The summed E-state index contributed by atoms with van der Waals surface area (Å²) >= 11 is 1.34. The first kappa shape index (κ1) is 15.7. The van der Waals surface area contributed by atoms with Gasteiger partial charge in [-0.05, 0) is 25.8 Å². The lowest BCUT2D eigenvalue weighted by Gasteiger charge is -2.08. The van der Waals surface area contributed by atoms with Crippen LogP contribution >= 0.6 is 11.3 Å². The fourth-order valence-electron chi connectivity index (χ4n) is 2.08. The molecule has 0 amide bonds. The van der Waals surface area contributed by atoms with Crippen LogP contribution in [0.15, 0.2) is 0 Å². The lowest BCUT2D eigenvalue weighted by Crippen LogP contribution is -2.08. The standard InChI is InChI=1S/C14H19N3O3S/c1-8-10-12(15-6-5-7-19-3)16-9(2)17-13(10)21-11(8)14(18)20-4/h5-7H2,1-4H3,(H,15,16,17). The van der Waals surface area contributed by atoms with Gasteiger partial charge in [-0.2, -0.15) is 0 Å². The fourth-order valence-corrected chi connectivity index (χ4v) is 3.23. The number of thiophene rings is 1. The fraction of sp³-hybridized carbons (Fsp3) is 0.500. The molecule has 0 unspecified atom stereocenters. The molecule has 7 heteroatoms. The Kier molecular flexibility index (Phi) is 5.08. The number of carbonyl (C=O) groups excluding carboxylic acids is 1. The molecule has 0 bridgehead atoms. The number of carbonyl (C=O) groups is 1. The molecule has 2 heterocycles. The Bertz CT molecular complexity index is 654. The van der Waals surface area contributed by atoms with Crippen LogP contribution in [0.25, 0.3) is 10.2 Å². The predicted molar refractivity (Wildman–Crippen MR) is 83.2 cm³/mol. The number of hydrogen-bond donors (Lipinski definition) is 1. The number of ether oxygens (including phenoxy) is 2. The summed E-state index contributed by atoms with van der Waals surface area (Å²) in [5, 5.41) is 4.19. The highest BCUT2D eigenvalue weighted by Crippen LogP contribution is 2.34. The molecule has 0 spiro atoms. The van der Waals surface area contributed by atoms with Gasteiger partial charge in [0.25, 0.3) is 0 Å². The summed E-state index contributed by atoms with van der Waals surface area (Å²) in [6, 6.07) is 0. The second-order valence-corrected chi connectivity index (χ2v) is 5.62. The summed E-state index contributed by atoms with van der Waals surface area (Å²) < 4.78 is 9.85. The van der Waals surface area contributed by atoms with E-state index < -0.39 is 0 Å². The van der Waals surface area contributed by atoms with Gasteiger partial charge in [-0.1, -0.05) is 0 Å². The van der Waals surface area contributed by atoms with Gasteiger partial charge in [0.2, 0.25) is 0 Å². The highest BCUT2D eigenvalue weighted by atomic mass is 32.1. The Labute approximate surface area is 127 Å². The van der Waals surface area contributed by atoms with Crippen LogP contribution in [0.5, 0.6) is 0 Å². The molecule has 0 fully saturated rings. The second-order valence-electron chi connectivity index (χ2n) is 4.62. The number of methoxy groups -OCH3 is 2. The SMILES string of the molecule is COCCCNc1nc(C)nc2sc(C(=O)OC)c(C)c12. The zero-order valence-corrected chi connectivity index (χ0v) is 13.5. The molecule has 0 aliphatic heterocycles. The molecular weight excluding hydrogens is 290 g/mol. The van der Waals surface area contributed by atoms with Crippen LogP contribution in [0.1, 0.15) is 27.5 Å². The summed E-state index contributed by atoms with van der Waals surface area (Å²) in [7, 11) is 3.06. The van der Waals surface area contributed by atoms with Crippen molar-refractivity contribution in [3.8, 4) is 0 Å². The molecule has 2 aromatic rings. The number of hydrogen-bond acceptors (Lipinski definition) is 7. The van der Waals surface area contributed by atoms with Gasteiger partial charge in [0, 0.05) is 20.3 Å². The van der Waals surface area contributed by atoms with Gasteiger partial charge in [-0.15, -0.1) is 11.3 Å². The van der Waals surface area contributed by atoms with E-state index in [0.717, 1.165) is 34.6 Å². The highest BCUT2D eigenvalue weighted by Gasteiger charge is 2.20. The second kappa shape index (κ2) is 6.82. The van der Waals surface area contributed by atoms with Crippen LogP contribution in [0, 0.1) is 13.8 Å². The van der Waals surface area contributed by atoms with E-state index in [-0.39, 0.29) is 5.97 Å². The number of nitrogens with one attached hydrogen (secondary N) is 1. The van der Waals surface area contributed by atoms with E-state index in [1.54, 1.807) is 7.11 Å². The van der Waals surface area contributed by atoms with E-state index in [1.807, 2.05) is 13.8 Å². The Morgan fingerprint density at radius 2 is 2.05 bits per heavy atom. The maximum atomic E-state index is 11.8. The summed E-state index contributed by atoms with van der Waals surface area (Å²) in [5.41, 5.74) is 0.857. The lowest BCUT2D eigenvalue weighted by atomic mass is 10.2. The maximum Gasteiger partial charge on any atom is 0.348 e. The summed E-state index contributed by atoms with van der Waals surface area (Å²) in [6.45, 7) is 5.18. The lowest BCUT2D eigenvalue weighted by molar-refractivity contribution is 0.0605. The molecule has 2 aromatic heterocycles. The zero-order chi connectivity index (χ0) is 15.4. The average molecular weight is 309 g/mol. The summed E-state index contributed by atoms with van der Waals surface area (Å²) in [5.74, 6) is 1.10. The van der Waals surface area contributed by atoms with Gasteiger partial charge in [0.1, 0.15) is 21.3 Å². The monoisotopic (exact) mass is 309 g/mol. The van der Waals surface area contributed by atoms with E-state index in [0.29, 0.717) is 17.3 Å². The van der Waals surface area contributed by atoms with E-state index in [4.69, 9.17) is 9.47 Å². The molecule has 0 saturated carbocycles. The Morgan fingerprint density at radius 3 is 2.71 bits per heavy atom. The molecule has 21 heavy (non-hydrogen) atoms. The van der Waals surface area contributed by atoms with Crippen molar-refractivity contribution in [1.82, 2.24) is 9.97 Å². The number of nitrogens with zero attached hydrogens (tertiary/aromatic N) is 2. The molecule has 1 N–H and O–H groups in total. The van der Waals surface area contributed by atoms with E-state index in [1.165, 1.54) is 18.4 Å². The van der Waals surface area contributed by atoms with Crippen molar-refractivity contribution < 1.29 is 14.3 Å². The van der Waals surface area contributed by atoms with Crippen molar-refractivity contribution in [1.29, 1.82) is 0 Å². The number of anilines is 1. The minimum Gasteiger partial charge on any atom is -0.465 e. The Morgan fingerprint density at radius 1 is 1.29 bits per heavy atom. The van der Waals surface area contributed by atoms with Crippen molar-refractivity contribution >= 4 is 33.3 Å². The molecule has 6 nitrogen and oxygen atoms in total. The number of rotatable bonds is 6. The normalized spacial score (nSPS) is 10.9. The third-order valence-corrected chi connectivity index (χ3v) is 4.26. The van der Waals surface area contributed by atoms with Crippen molar-refractivity contribution in [2.75, 3.05) is 32.7 Å². The predicted octanol–water partition coefficient (Wildman–Crippen LogP) is 2.54. The largest absolute Gasteiger partial charge is 0.465 e. The van der Waals surface area contributed by atoms with Crippen LogP contribution in [-0.4, -0.2) is 43.3 Å². The van der Waals surface area contributed by atoms with E-state index in [9.17, 15) is 4.79 Å². The van der Waals surface area contributed by atoms with E-state index in [2.05, 4.69) is 15.3 Å². The quantitative estimate of drug-likeness (QED) is 0.653. The minimum atomic E-state index is -0.335. The molecule has 0 aromatic carbocycles. The first-order valence-electron chi connectivity index (χ1n) is 6.67. The van der Waals surface area contributed by atoms with Gasteiger partial charge in [-0.25, -0.2) is 14.8 Å². The Balaban J connectivity index is 2.39. The van der Waals surface area contributed by atoms with Gasteiger partial charge < -0.3 is 14.8 Å². The van der Waals surface area contributed by atoms with Gasteiger partial charge in [0.05, 0.1) is 12.5 Å². The van der Waals surface area contributed by atoms with Crippen molar-refractivity contribution in [2.45, 2.75) is 20.3 Å². The van der Waals surface area contributed by atoms with Crippen molar-refractivity contribution in [3.05, 3.63) is 16.3 Å². The number of aromatic nitrogens is 2. The minimum absolute atomic E-state index is 0.335. The number of fused-ring (bicyclic) bond motifs is 1. The number of aryl methyl sites for hydroxylation is 2. The van der Waals surface area contributed by atoms with Crippen LogP contribution < -0.4 is 5.32 Å². The van der Waals surface area contributed by atoms with Gasteiger partial charge in [-0.3, -0.25) is 0 Å². The first-order valence-corrected chi connectivity index (χ1v) is 7.49. The average Bonchev–Trinajstić information content (AvgIpc) is 2.79. The maximum absolute atomic E-state index is 11.8. The molecular formula is C14H19N3O3S. The molecule has 2 rings (SSSR count). The molecule has 0 atom stereocenters. The van der Waals surface area contributed by atoms with E-state index >= 15 is 0 Å². The smallest absolute Gasteiger partial charge is 0.348 e. The van der Waals surface area contributed by atoms with Gasteiger partial charge >= 0.3 is 5.97 Å². The third-order valence-electron chi connectivity index (χ3n) is 3.09. The third kappa shape index (κ3) is 3.30. The molecule has 0 saturated heterocycles. The van der Waals surface area contributed by atoms with Gasteiger partial charge in [0.15, 0.2) is 0 Å². The first-order chi connectivity index (χ1) is 10.1. The topological polar surface area (TPSA) is 73.3 Å². The van der Waals surface area contributed by atoms with Crippen LogP contribution in [-0.2, 0) is 9.47 Å². The molecule has 114 valence electrons. The highest BCUT2D eigenvalue weighted by molar-refractivity contribution is 7.20. The van der Waals surface area contributed by atoms with Crippen molar-refractivity contribution in [2.24, 2.45) is 0 Å². The van der Waals surface area contributed by atoms with Crippen LogP contribution in [0.4, 0.5) is 5.82 Å². The number of esters is 1. The molecule has 0 radical (unpaired) electrons. The summed E-state index contributed by atoms with van der Waals surface area (Å²) in [6.07, 6.45) is 0.883. The Hall–Kier alpha value is -1.73. The zero-order valence-electron chi connectivity index (χ0n) is 12.6. The van der Waals surface area contributed by atoms with Crippen molar-refractivity contribution in [3.63, 3.8) is 0 Å². The molecule has 0 aliphatic carbocycles. The summed E-state index contributed by atoms with van der Waals surface area (Å²) in [4.78, 5) is 22.0. The van der Waals surface area contributed by atoms with Crippen LogP contribution in [0.2, 0.25) is 0 Å². The molecule has 0 aliphatic rings.